The molecule has 1 saturated heterocycles. The number of ether oxygens (including phenoxy) is 1. The molecule has 1 heterocycles. The van der Waals surface area contributed by atoms with Gasteiger partial charge in [-0.15, -0.1) is 0 Å². The van der Waals surface area contributed by atoms with Gasteiger partial charge in [0.2, 0.25) is 0 Å². The maximum absolute atomic E-state index is 14.0. The van der Waals surface area contributed by atoms with Crippen LogP contribution < -0.4 is 10.1 Å². The van der Waals surface area contributed by atoms with E-state index in [4.69, 9.17) is 16.3 Å². The van der Waals surface area contributed by atoms with E-state index in [1.807, 2.05) is 6.92 Å². The van der Waals surface area contributed by atoms with Crippen molar-refractivity contribution in [2.45, 2.75) is 25.3 Å². The van der Waals surface area contributed by atoms with E-state index in [2.05, 4.69) is 5.32 Å². The molecule has 1 fully saturated rings. The van der Waals surface area contributed by atoms with Crippen molar-refractivity contribution >= 4 is 11.6 Å². The Labute approximate surface area is 99.7 Å². The zero-order valence-electron chi connectivity index (χ0n) is 9.44. The van der Waals surface area contributed by atoms with Crippen LogP contribution in [0.3, 0.4) is 0 Å². The fourth-order valence-electron chi connectivity index (χ4n) is 2.21. The molecule has 0 bridgehead atoms. The third kappa shape index (κ3) is 1.89. The van der Waals surface area contributed by atoms with Crippen LogP contribution in [0.2, 0.25) is 5.02 Å². The Hall–Kier alpha value is -0.800. The summed E-state index contributed by atoms with van der Waals surface area (Å²) in [6.07, 6.45) is 1.96. The Bertz CT molecular complexity index is 402. The van der Waals surface area contributed by atoms with Gasteiger partial charge < -0.3 is 10.1 Å². The van der Waals surface area contributed by atoms with Gasteiger partial charge in [0.1, 0.15) is 11.6 Å². The first-order chi connectivity index (χ1) is 7.57. The number of hydrogen-bond donors (Lipinski definition) is 1. The lowest BCUT2D eigenvalue weighted by Gasteiger charge is -2.26. The van der Waals surface area contributed by atoms with Gasteiger partial charge in [0.15, 0.2) is 0 Å². The summed E-state index contributed by atoms with van der Waals surface area (Å²) in [7, 11) is 1.55. The molecule has 0 radical (unpaired) electrons. The minimum Gasteiger partial charge on any atom is -0.497 e. The average molecular weight is 244 g/mol. The summed E-state index contributed by atoms with van der Waals surface area (Å²) in [6.45, 7) is 2.90. The van der Waals surface area contributed by atoms with Crippen LogP contribution in [0.1, 0.15) is 25.3 Å². The highest BCUT2D eigenvalue weighted by atomic mass is 35.5. The minimum absolute atomic E-state index is 0.115. The van der Waals surface area contributed by atoms with Crippen LogP contribution in [0, 0.1) is 5.82 Å². The predicted molar refractivity (Wildman–Crippen MR) is 62.6 cm³/mol. The third-order valence-corrected chi connectivity index (χ3v) is 3.48. The number of halogens is 2. The first kappa shape index (κ1) is 11.7. The van der Waals surface area contributed by atoms with E-state index in [1.54, 1.807) is 13.2 Å². The molecule has 1 aromatic carbocycles. The number of nitrogens with one attached hydrogen (secondary N) is 1. The van der Waals surface area contributed by atoms with Crippen molar-refractivity contribution in [1.82, 2.24) is 5.32 Å². The Morgan fingerprint density at radius 2 is 2.25 bits per heavy atom. The molecule has 1 unspecified atom stereocenters. The fraction of sp³-hybridized carbons (Fsp3) is 0.500. The van der Waals surface area contributed by atoms with E-state index < -0.39 is 0 Å². The van der Waals surface area contributed by atoms with Crippen LogP contribution in [0.4, 0.5) is 4.39 Å². The monoisotopic (exact) mass is 243 g/mol. The van der Waals surface area contributed by atoms with Crippen LogP contribution in [0.5, 0.6) is 5.75 Å². The fourth-order valence-corrected chi connectivity index (χ4v) is 2.42. The van der Waals surface area contributed by atoms with Gasteiger partial charge in [-0.3, -0.25) is 0 Å². The van der Waals surface area contributed by atoms with Crippen LogP contribution in [0.25, 0.3) is 0 Å². The quantitative estimate of drug-likeness (QED) is 0.862. The average Bonchev–Trinajstić information content (AvgIpc) is 2.70. The molecule has 1 atom stereocenters. The molecule has 1 N–H and O–H groups in total. The first-order valence-corrected chi connectivity index (χ1v) is 5.73. The lowest BCUT2D eigenvalue weighted by atomic mass is 9.90. The van der Waals surface area contributed by atoms with Crippen molar-refractivity contribution < 1.29 is 9.13 Å². The van der Waals surface area contributed by atoms with E-state index in [-0.39, 0.29) is 16.4 Å². The Morgan fingerprint density at radius 1 is 1.50 bits per heavy atom. The second kappa shape index (κ2) is 4.22. The Morgan fingerprint density at radius 3 is 2.81 bits per heavy atom. The Kier molecular flexibility index (Phi) is 3.08. The number of benzene rings is 1. The molecule has 2 nitrogen and oxygen atoms in total. The molecule has 0 aliphatic carbocycles. The minimum atomic E-state index is -0.348. The van der Waals surface area contributed by atoms with E-state index in [9.17, 15) is 4.39 Å². The standard InChI is InChI=1S/C12H15ClFNO/c1-12(4-3-5-15-12)9-6-8(16-2)7-10(13)11(9)14/h6-7,15H,3-5H2,1-2H3. The lowest BCUT2D eigenvalue weighted by Crippen LogP contribution is -2.34. The molecule has 1 aliphatic rings. The van der Waals surface area contributed by atoms with Gasteiger partial charge in [-0.25, -0.2) is 4.39 Å². The van der Waals surface area contributed by atoms with Crippen molar-refractivity contribution in [1.29, 1.82) is 0 Å². The molecular weight excluding hydrogens is 229 g/mol. The summed E-state index contributed by atoms with van der Waals surface area (Å²) in [5.74, 6) is 0.246. The molecule has 0 amide bonds. The van der Waals surface area contributed by atoms with Crippen LogP contribution in [-0.4, -0.2) is 13.7 Å². The molecule has 0 aromatic heterocycles. The zero-order chi connectivity index (χ0) is 11.8. The molecule has 2 rings (SSSR count). The predicted octanol–water partition coefficient (Wildman–Crippen LogP) is 3.09. The molecule has 1 aromatic rings. The van der Waals surface area contributed by atoms with Crippen LogP contribution in [0.15, 0.2) is 12.1 Å². The highest BCUT2D eigenvalue weighted by molar-refractivity contribution is 6.31. The smallest absolute Gasteiger partial charge is 0.147 e. The number of methoxy groups -OCH3 is 1. The highest BCUT2D eigenvalue weighted by Crippen LogP contribution is 2.36. The summed E-state index contributed by atoms with van der Waals surface area (Å²) >= 11 is 5.86. The molecular formula is C12H15ClFNO. The molecule has 1 aliphatic heterocycles. The summed E-state index contributed by atoms with van der Waals surface area (Å²) in [4.78, 5) is 0. The Balaban J connectivity index is 2.50. The number of rotatable bonds is 2. The zero-order valence-corrected chi connectivity index (χ0v) is 10.2. The van der Waals surface area contributed by atoms with Gasteiger partial charge in [-0.2, -0.15) is 0 Å². The van der Waals surface area contributed by atoms with E-state index in [1.165, 1.54) is 6.07 Å². The van der Waals surface area contributed by atoms with E-state index in [0.29, 0.717) is 11.3 Å². The maximum atomic E-state index is 14.0. The molecule has 4 heteroatoms. The molecule has 0 saturated carbocycles. The highest BCUT2D eigenvalue weighted by Gasteiger charge is 2.33. The summed E-state index contributed by atoms with van der Waals surface area (Å²) in [5.41, 5.74) is 0.261. The van der Waals surface area contributed by atoms with Crippen molar-refractivity contribution in [3.8, 4) is 5.75 Å². The van der Waals surface area contributed by atoms with E-state index in [0.717, 1.165) is 19.4 Å². The molecule has 88 valence electrons. The van der Waals surface area contributed by atoms with Crippen LogP contribution in [-0.2, 0) is 5.54 Å². The maximum Gasteiger partial charge on any atom is 0.147 e. The van der Waals surface area contributed by atoms with Crippen molar-refractivity contribution in [2.24, 2.45) is 0 Å². The van der Waals surface area contributed by atoms with E-state index >= 15 is 0 Å². The van der Waals surface area contributed by atoms with Gasteiger partial charge >= 0.3 is 0 Å². The second-order valence-corrected chi connectivity index (χ2v) is 4.74. The van der Waals surface area contributed by atoms with Gasteiger partial charge in [0, 0.05) is 17.2 Å². The first-order valence-electron chi connectivity index (χ1n) is 5.35. The van der Waals surface area contributed by atoms with Crippen LogP contribution >= 0.6 is 11.6 Å². The van der Waals surface area contributed by atoms with Gasteiger partial charge in [0.05, 0.1) is 12.1 Å². The van der Waals surface area contributed by atoms with Gasteiger partial charge in [-0.05, 0) is 32.4 Å². The molecule has 16 heavy (non-hydrogen) atoms. The third-order valence-electron chi connectivity index (χ3n) is 3.20. The summed E-state index contributed by atoms with van der Waals surface area (Å²) < 4.78 is 19.1. The topological polar surface area (TPSA) is 21.3 Å². The van der Waals surface area contributed by atoms with Gasteiger partial charge in [-0.1, -0.05) is 11.6 Å². The lowest BCUT2D eigenvalue weighted by molar-refractivity contribution is 0.391. The van der Waals surface area contributed by atoms with Crippen molar-refractivity contribution in [3.05, 3.63) is 28.5 Å². The summed E-state index contributed by atoms with van der Waals surface area (Å²) in [6, 6.07) is 3.22. The molecule has 0 spiro atoms. The van der Waals surface area contributed by atoms with Gasteiger partial charge in [0.25, 0.3) is 0 Å². The summed E-state index contributed by atoms with van der Waals surface area (Å²) in [5, 5.41) is 3.43. The normalized spacial score (nSPS) is 24.8. The van der Waals surface area contributed by atoms with Crippen molar-refractivity contribution in [3.63, 3.8) is 0 Å². The SMILES string of the molecule is COc1cc(Cl)c(F)c(C2(C)CCCN2)c1. The van der Waals surface area contributed by atoms with Crippen molar-refractivity contribution in [2.75, 3.05) is 13.7 Å². The largest absolute Gasteiger partial charge is 0.497 e. The number of hydrogen-bond acceptors (Lipinski definition) is 2. The second-order valence-electron chi connectivity index (χ2n) is 4.33.